The van der Waals surface area contributed by atoms with Crippen LogP contribution in [0.3, 0.4) is 0 Å². The zero-order valence-electron chi connectivity index (χ0n) is 11.7. The van der Waals surface area contributed by atoms with Crippen LogP contribution in [0.5, 0.6) is 0 Å². The Morgan fingerprint density at radius 2 is 2.17 bits per heavy atom. The van der Waals surface area contributed by atoms with Gasteiger partial charge in [0.05, 0.1) is 6.04 Å². The lowest BCUT2D eigenvalue weighted by Crippen LogP contribution is -2.45. The fourth-order valence-corrected chi connectivity index (χ4v) is 1.53. The van der Waals surface area contributed by atoms with E-state index >= 15 is 0 Å². The van der Waals surface area contributed by atoms with E-state index in [9.17, 15) is 4.79 Å². The quantitative estimate of drug-likeness (QED) is 0.808. The van der Waals surface area contributed by atoms with Crippen molar-refractivity contribution in [1.29, 1.82) is 0 Å². The van der Waals surface area contributed by atoms with E-state index in [4.69, 9.17) is 0 Å². The number of nitrogens with one attached hydrogen (secondary N) is 2. The van der Waals surface area contributed by atoms with Gasteiger partial charge in [0.1, 0.15) is 0 Å². The second-order valence-corrected chi connectivity index (χ2v) is 4.72. The van der Waals surface area contributed by atoms with Gasteiger partial charge in [0, 0.05) is 25.0 Å². The van der Waals surface area contributed by atoms with Crippen LogP contribution in [0.25, 0.3) is 0 Å². The highest BCUT2D eigenvalue weighted by atomic mass is 16.2. The fourth-order valence-electron chi connectivity index (χ4n) is 1.53. The summed E-state index contributed by atoms with van der Waals surface area (Å²) >= 11 is 0. The smallest absolute Gasteiger partial charge is 0.237 e. The molecule has 1 rings (SSSR count). The molecule has 18 heavy (non-hydrogen) atoms. The first-order chi connectivity index (χ1) is 8.54. The van der Waals surface area contributed by atoms with Crippen LogP contribution in [0.15, 0.2) is 18.5 Å². The third-order valence-corrected chi connectivity index (χ3v) is 3.13. The van der Waals surface area contributed by atoms with E-state index in [0.29, 0.717) is 6.54 Å². The van der Waals surface area contributed by atoms with Crippen LogP contribution in [0, 0.1) is 6.92 Å². The van der Waals surface area contributed by atoms with Gasteiger partial charge in [-0.05, 0) is 44.4 Å². The zero-order chi connectivity index (χ0) is 13.5. The van der Waals surface area contributed by atoms with Gasteiger partial charge in [0.15, 0.2) is 0 Å². The number of hydrogen-bond acceptors (Lipinski definition) is 3. The minimum atomic E-state index is -0.188. The van der Waals surface area contributed by atoms with Crippen LogP contribution in [0.2, 0.25) is 0 Å². The molecule has 1 amide bonds. The highest BCUT2D eigenvalue weighted by Gasteiger charge is 2.13. The summed E-state index contributed by atoms with van der Waals surface area (Å²) in [6.45, 7) is 8.66. The molecule has 1 heterocycles. The third-order valence-electron chi connectivity index (χ3n) is 3.13. The molecule has 0 saturated heterocycles. The van der Waals surface area contributed by atoms with Gasteiger partial charge in [-0.2, -0.15) is 0 Å². The van der Waals surface area contributed by atoms with Crippen LogP contribution in [0.1, 0.15) is 38.3 Å². The Morgan fingerprint density at radius 1 is 1.44 bits per heavy atom. The zero-order valence-corrected chi connectivity index (χ0v) is 11.7. The Balaban J connectivity index is 2.44. The SMILES string of the molecule is CCC(C)NC(=O)C(C)NCc1ccncc1C. The summed E-state index contributed by atoms with van der Waals surface area (Å²) < 4.78 is 0. The van der Waals surface area contributed by atoms with Gasteiger partial charge in [0.25, 0.3) is 0 Å². The molecule has 1 aromatic rings. The molecule has 0 bridgehead atoms. The Labute approximate surface area is 109 Å². The number of hydrogen-bond donors (Lipinski definition) is 2. The number of aryl methyl sites for hydroxylation is 1. The van der Waals surface area contributed by atoms with Crippen molar-refractivity contribution < 1.29 is 4.79 Å². The van der Waals surface area contributed by atoms with Crippen LogP contribution in [-0.2, 0) is 11.3 Å². The van der Waals surface area contributed by atoms with E-state index in [-0.39, 0.29) is 18.0 Å². The first-order valence-electron chi connectivity index (χ1n) is 6.47. The average molecular weight is 249 g/mol. The van der Waals surface area contributed by atoms with Crippen molar-refractivity contribution in [3.8, 4) is 0 Å². The van der Waals surface area contributed by atoms with Crippen molar-refractivity contribution in [2.24, 2.45) is 0 Å². The van der Waals surface area contributed by atoms with Crippen molar-refractivity contribution in [3.63, 3.8) is 0 Å². The molecular formula is C14H23N3O. The van der Waals surface area contributed by atoms with Crippen molar-refractivity contribution in [2.75, 3.05) is 0 Å². The number of pyridine rings is 1. The molecule has 1 aromatic heterocycles. The molecule has 0 aliphatic rings. The van der Waals surface area contributed by atoms with Gasteiger partial charge in [-0.1, -0.05) is 6.92 Å². The first-order valence-corrected chi connectivity index (χ1v) is 6.47. The van der Waals surface area contributed by atoms with E-state index in [1.54, 1.807) is 6.20 Å². The molecule has 0 aliphatic heterocycles. The second-order valence-electron chi connectivity index (χ2n) is 4.72. The molecule has 0 aromatic carbocycles. The predicted molar refractivity (Wildman–Crippen MR) is 73.2 cm³/mol. The largest absolute Gasteiger partial charge is 0.352 e. The topological polar surface area (TPSA) is 54.0 Å². The monoisotopic (exact) mass is 249 g/mol. The van der Waals surface area contributed by atoms with Crippen molar-refractivity contribution in [1.82, 2.24) is 15.6 Å². The maximum atomic E-state index is 11.8. The van der Waals surface area contributed by atoms with Gasteiger partial charge in [-0.15, -0.1) is 0 Å². The van der Waals surface area contributed by atoms with Crippen LogP contribution in [-0.4, -0.2) is 23.0 Å². The van der Waals surface area contributed by atoms with Crippen molar-refractivity contribution >= 4 is 5.91 Å². The molecule has 0 spiro atoms. The number of rotatable bonds is 6. The van der Waals surface area contributed by atoms with Gasteiger partial charge < -0.3 is 10.6 Å². The number of amides is 1. The lowest BCUT2D eigenvalue weighted by molar-refractivity contribution is -0.123. The summed E-state index contributed by atoms with van der Waals surface area (Å²) in [7, 11) is 0. The molecule has 100 valence electrons. The highest BCUT2D eigenvalue weighted by molar-refractivity contribution is 5.81. The van der Waals surface area contributed by atoms with E-state index in [1.165, 1.54) is 5.56 Å². The normalized spacial score (nSPS) is 14.0. The lowest BCUT2D eigenvalue weighted by atomic mass is 10.1. The molecule has 0 saturated carbocycles. The lowest BCUT2D eigenvalue weighted by Gasteiger charge is -2.17. The van der Waals surface area contributed by atoms with Crippen molar-refractivity contribution in [3.05, 3.63) is 29.6 Å². The van der Waals surface area contributed by atoms with E-state index in [2.05, 4.69) is 22.5 Å². The Bertz CT molecular complexity index is 392. The predicted octanol–water partition coefficient (Wildman–Crippen LogP) is 1.78. The molecule has 2 unspecified atom stereocenters. The van der Waals surface area contributed by atoms with Gasteiger partial charge in [-0.3, -0.25) is 9.78 Å². The van der Waals surface area contributed by atoms with Gasteiger partial charge in [0.2, 0.25) is 5.91 Å². The number of nitrogens with zero attached hydrogens (tertiary/aromatic N) is 1. The molecule has 2 N–H and O–H groups in total. The van der Waals surface area contributed by atoms with Gasteiger partial charge >= 0.3 is 0 Å². The molecule has 0 aliphatic carbocycles. The summed E-state index contributed by atoms with van der Waals surface area (Å²) in [5.41, 5.74) is 2.31. The van der Waals surface area contributed by atoms with Crippen molar-refractivity contribution in [2.45, 2.75) is 52.7 Å². The third kappa shape index (κ3) is 4.45. The Morgan fingerprint density at radius 3 is 2.78 bits per heavy atom. The van der Waals surface area contributed by atoms with Crippen LogP contribution in [0.4, 0.5) is 0 Å². The number of carbonyl (C=O) groups is 1. The molecule has 0 radical (unpaired) electrons. The summed E-state index contributed by atoms with van der Waals surface area (Å²) in [4.78, 5) is 15.9. The van der Waals surface area contributed by atoms with E-state index < -0.39 is 0 Å². The first kappa shape index (κ1) is 14.6. The van der Waals surface area contributed by atoms with E-state index in [0.717, 1.165) is 12.0 Å². The Hall–Kier alpha value is -1.42. The summed E-state index contributed by atoms with van der Waals surface area (Å²) in [5.74, 6) is 0.0519. The standard InChI is InChI=1S/C14H23N3O/c1-5-11(3)17-14(18)12(4)16-9-13-6-7-15-8-10(13)2/h6-8,11-12,16H,5,9H2,1-4H3,(H,17,18). The van der Waals surface area contributed by atoms with Gasteiger partial charge in [-0.25, -0.2) is 0 Å². The van der Waals surface area contributed by atoms with Crippen LogP contribution < -0.4 is 10.6 Å². The van der Waals surface area contributed by atoms with Crippen LogP contribution >= 0.6 is 0 Å². The highest BCUT2D eigenvalue weighted by Crippen LogP contribution is 2.04. The Kier molecular flexibility index (Phi) is 5.78. The summed E-state index contributed by atoms with van der Waals surface area (Å²) in [5, 5.41) is 6.20. The molecule has 4 heteroatoms. The number of carbonyl (C=O) groups excluding carboxylic acids is 1. The fraction of sp³-hybridized carbons (Fsp3) is 0.571. The minimum Gasteiger partial charge on any atom is -0.352 e. The summed E-state index contributed by atoms with van der Waals surface area (Å²) in [6.07, 6.45) is 4.55. The second kappa shape index (κ2) is 7.11. The molecular weight excluding hydrogens is 226 g/mol. The maximum absolute atomic E-state index is 11.8. The molecule has 4 nitrogen and oxygen atoms in total. The molecule has 2 atom stereocenters. The average Bonchev–Trinajstić information content (AvgIpc) is 2.37. The summed E-state index contributed by atoms with van der Waals surface area (Å²) in [6, 6.07) is 2.01. The minimum absolute atomic E-state index is 0.0519. The number of aromatic nitrogens is 1. The maximum Gasteiger partial charge on any atom is 0.237 e. The molecule has 0 fully saturated rings. The van der Waals surface area contributed by atoms with E-state index in [1.807, 2.05) is 33.0 Å².